The van der Waals surface area contributed by atoms with Crippen molar-refractivity contribution in [3.8, 4) is 0 Å². The number of esters is 1. The molecular formula is C14H29NO2Si2. The normalized spacial score (nSPS) is 20.6. The highest BCUT2D eigenvalue weighted by Crippen LogP contribution is 2.32. The largest absolute Gasteiger partial charge is 0.463 e. The van der Waals surface area contributed by atoms with E-state index in [1.807, 2.05) is 6.92 Å². The van der Waals surface area contributed by atoms with Crippen LogP contribution in [-0.4, -0.2) is 39.3 Å². The predicted octanol–water partition coefficient (Wildman–Crippen LogP) is 3.61. The third-order valence-corrected chi connectivity index (χ3v) is 11.1. The van der Waals surface area contributed by atoms with Crippen molar-refractivity contribution in [1.82, 2.24) is 4.23 Å². The van der Waals surface area contributed by atoms with Gasteiger partial charge in [0.05, 0.1) is 6.61 Å². The van der Waals surface area contributed by atoms with Gasteiger partial charge in [-0.2, -0.15) is 0 Å². The summed E-state index contributed by atoms with van der Waals surface area (Å²) in [5, 5.41) is 0. The SMILES string of the molecule is CCOC(=O)C1=CCC(N([Si](C)(C)C)[Si](C)(C)C)C1. The zero-order chi connectivity index (χ0) is 14.8. The standard InChI is InChI=1S/C14H29NO2Si2/c1-8-17-14(16)12-9-10-13(11-12)15(18(2,3)4)19(5,6)7/h9,13H,8,10-11H2,1-7H3. The Labute approximate surface area is 120 Å². The van der Waals surface area contributed by atoms with Gasteiger partial charge >= 0.3 is 5.97 Å². The Morgan fingerprint density at radius 2 is 1.79 bits per heavy atom. The summed E-state index contributed by atoms with van der Waals surface area (Å²) in [6.45, 7) is 16.8. The molecule has 0 radical (unpaired) electrons. The van der Waals surface area contributed by atoms with Crippen LogP contribution in [-0.2, 0) is 9.53 Å². The first-order valence-corrected chi connectivity index (χ1v) is 14.1. The minimum atomic E-state index is -1.36. The summed E-state index contributed by atoms with van der Waals surface area (Å²) in [5.41, 5.74) is 0.883. The topological polar surface area (TPSA) is 29.5 Å². The number of carbonyl (C=O) groups excluding carboxylic acids is 1. The second-order valence-electron chi connectivity index (χ2n) is 7.26. The molecule has 1 aliphatic carbocycles. The Morgan fingerprint density at radius 3 is 2.21 bits per heavy atom. The van der Waals surface area contributed by atoms with Crippen LogP contribution in [0.3, 0.4) is 0 Å². The number of ether oxygens (including phenoxy) is 1. The van der Waals surface area contributed by atoms with Crippen LogP contribution in [0.15, 0.2) is 11.6 Å². The van der Waals surface area contributed by atoms with Crippen molar-refractivity contribution in [1.29, 1.82) is 0 Å². The summed E-state index contributed by atoms with van der Waals surface area (Å²) in [6, 6.07) is 0.512. The van der Waals surface area contributed by atoms with Gasteiger partial charge in [-0.25, -0.2) is 4.79 Å². The maximum Gasteiger partial charge on any atom is 0.333 e. The fourth-order valence-electron chi connectivity index (χ4n) is 3.39. The van der Waals surface area contributed by atoms with Gasteiger partial charge in [-0.05, 0) is 19.8 Å². The molecule has 3 nitrogen and oxygen atoms in total. The van der Waals surface area contributed by atoms with Crippen LogP contribution < -0.4 is 0 Å². The van der Waals surface area contributed by atoms with Crippen LogP contribution in [0.5, 0.6) is 0 Å². The average molecular weight is 300 g/mol. The van der Waals surface area contributed by atoms with Crippen molar-refractivity contribution < 1.29 is 9.53 Å². The maximum atomic E-state index is 11.8. The fourth-order valence-corrected chi connectivity index (χ4v) is 14.0. The van der Waals surface area contributed by atoms with Gasteiger partial charge in [0.25, 0.3) is 0 Å². The summed E-state index contributed by atoms with van der Waals surface area (Å²) >= 11 is 0. The maximum absolute atomic E-state index is 11.8. The van der Waals surface area contributed by atoms with Gasteiger partial charge in [-0.1, -0.05) is 45.4 Å². The first-order valence-electron chi connectivity index (χ1n) is 7.23. The van der Waals surface area contributed by atoms with Crippen LogP contribution in [0.25, 0.3) is 0 Å². The number of hydrogen-bond acceptors (Lipinski definition) is 3. The average Bonchev–Trinajstić information content (AvgIpc) is 2.62. The first-order chi connectivity index (χ1) is 8.57. The summed E-state index contributed by atoms with van der Waals surface area (Å²) in [6.07, 6.45) is 3.96. The van der Waals surface area contributed by atoms with Crippen LogP contribution >= 0.6 is 0 Å². The van der Waals surface area contributed by atoms with Gasteiger partial charge in [0.15, 0.2) is 0 Å². The molecule has 0 saturated carbocycles. The lowest BCUT2D eigenvalue weighted by atomic mass is 10.2. The second kappa shape index (κ2) is 5.93. The molecule has 0 amide bonds. The van der Waals surface area contributed by atoms with Crippen molar-refractivity contribution in [3.63, 3.8) is 0 Å². The smallest absolute Gasteiger partial charge is 0.333 e. The van der Waals surface area contributed by atoms with E-state index in [2.05, 4.69) is 49.6 Å². The van der Waals surface area contributed by atoms with E-state index in [4.69, 9.17) is 4.74 Å². The fraction of sp³-hybridized carbons (Fsp3) is 0.786. The molecule has 5 heteroatoms. The summed E-state index contributed by atoms with van der Waals surface area (Å²) in [7, 11) is -2.72. The van der Waals surface area contributed by atoms with Crippen molar-refractivity contribution in [3.05, 3.63) is 11.6 Å². The first kappa shape index (κ1) is 16.7. The molecule has 1 rings (SSSR count). The Bertz CT molecular complexity index is 353. The second-order valence-corrected chi connectivity index (χ2v) is 17.3. The molecule has 0 heterocycles. The Kier molecular flexibility index (Phi) is 5.20. The Hall–Kier alpha value is -0.396. The van der Waals surface area contributed by atoms with E-state index in [0.29, 0.717) is 12.6 Å². The highest BCUT2D eigenvalue weighted by Gasteiger charge is 2.41. The van der Waals surface area contributed by atoms with Gasteiger partial charge in [0, 0.05) is 11.6 Å². The number of nitrogens with zero attached hydrogens (tertiary/aromatic N) is 1. The van der Waals surface area contributed by atoms with Crippen molar-refractivity contribution in [2.45, 2.75) is 65.1 Å². The molecule has 0 aromatic rings. The number of hydrogen-bond donors (Lipinski definition) is 0. The van der Waals surface area contributed by atoms with E-state index >= 15 is 0 Å². The zero-order valence-corrected chi connectivity index (χ0v) is 15.5. The van der Waals surface area contributed by atoms with Crippen LogP contribution in [0.2, 0.25) is 39.3 Å². The number of rotatable bonds is 5. The highest BCUT2D eigenvalue weighted by molar-refractivity contribution is 6.89. The van der Waals surface area contributed by atoms with Gasteiger partial charge in [0.2, 0.25) is 0 Å². The molecule has 0 bridgehead atoms. The van der Waals surface area contributed by atoms with Gasteiger partial charge in [-0.3, -0.25) is 0 Å². The third kappa shape index (κ3) is 4.29. The van der Waals surface area contributed by atoms with Gasteiger partial charge < -0.3 is 8.97 Å². The molecule has 0 spiro atoms. The molecule has 1 unspecified atom stereocenters. The van der Waals surface area contributed by atoms with E-state index in [1.54, 1.807) is 0 Å². The molecule has 0 aromatic carbocycles. The van der Waals surface area contributed by atoms with Crippen molar-refractivity contribution >= 4 is 22.4 Å². The van der Waals surface area contributed by atoms with E-state index in [1.165, 1.54) is 0 Å². The molecule has 0 aliphatic heterocycles. The van der Waals surface area contributed by atoms with E-state index in [-0.39, 0.29) is 5.97 Å². The lowest BCUT2D eigenvalue weighted by Crippen LogP contribution is -2.62. The Morgan fingerprint density at radius 1 is 1.26 bits per heavy atom. The van der Waals surface area contributed by atoms with Crippen LogP contribution in [0.4, 0.5) is 0 Å². The van der Waals surface area contributed by atoms with Crippen LogP contribution in [0, 0.1) is 0 Å². The minimum Gasteiger partial charge on any atom is -0.463 e. The molecule has 110 valence electrons. The number of carbonyl (C=O) groups is 1. The molecule has 19 heavy (non-hydrogen) atoms. The summed E-state index contributed by atoms with van der Waals surface area (Å²) < 4.78 is 7.92. The van der Waals surface area contributed by atoms with Gasteiger partial charge in [-0.15, -0.1) is 0 Å². The van der Waals surface area contributed by atoms with Crippen molar-refractivity contribution in [2.75, 3.05) is 6.61 Å². The van der Waals surface area contributed by atoms with Crippen LogP contribution in [0.1, 0.15) is 19.8 Å². The molecule has 0 N–H and O–H groups in total. The third-order valence-electron chi connectivity index (χ3n) is 3.44. The molecule has 0 saturated heterocycles. The highest BCUT2D eigenvalue weighted by atomic mass is 28.4. The van der Waals surface area contributed by atoms with Crippen molar-refractivity contribution in [2.24, 2.45) is 0 Å². The molecular weight excluding hydrogens is 270 g/mol. The van der Waals surface area contributed by atoms with E-state index in [9.17, 15) is 4.79 Å². The summed E-state index contributed by atoms with van der Waals surface area (Å²) in [4.78, 5) is 11.8. The lowest BCUT2D eigenvalue weighted by molar-refractivity contribution is -0.138. The predicted molar refractivity (Wildman–Crippen MR) is 86.3 cm³/mol. The molecule has 1 aliphatic rings. The monoisotopic (exact) mass is 299 g/mol. The zero-order valence-electron chi connectivity index (χ0n) is 13.5. The lowest BCUT2D eigenvalue weighted by Gasteiger charge is -2.47. The quantitative estimate of drug-likeness (QED) is 0.574. The summed E-state index contributed by atoms with van der Waals surface area (Å²) in [5.74, 6) is -0.115. The molecule has 1 atom stereocenters. The Balaban J connectivity index is 2.81. The van der Waals surface area contributed by atoms with Gasteiger partial charge in [0.1, 0.15) is 16.5 Å². The van der Waals surface area contributed by atoms with E-state index < -0.39 is 16.5 Å². The van der Waals surface area contributed by atoms with E-state index in [0.717, 1.165) is 18.4 Å². The minimum absolute atomic E-state index is 0.115. The molecule has 0 aromatic heterocycles. The molecule has 0 fully saturated rings.